The van der Waals surface area contributed by atoms with Crippen LogP contribution < -0.4 is 5.32 Å². The first kappa shape index (κ1) is 13.1. The second-order valence-electron chi connectivity index (χ2n) is 3.43. The Labute approximate surface area is 98.6 Å². The number of nitro groups is 1. The van der Waals surface area contributed by atoms with Crippen LogP contribution in [-0.4, -0.2) is 25.2 Å². The van der Waals surface area contributed by atoms with Gasteiger partial charge in [0.05, 0.1) is 4.92 Å². The molecule has 0 fully saturated rings. The number of nitrogens with one attached hydrogen (secondary N) is 1. The van der Waals surface area contributed by atoms with Crippen molar-refractivity contribution in [3.8, 4) is 0 Å². The summed E-state index contributed by atoms with van der Waals surface area (Å²) >= 11 is 1.17. The molecule has 1 aromatic rings. The van der Waals surface area contributed by atoms with Crippen molar-refractivity contribution in [3.05, 3.63) is 27.1 Å². The predicted octanol–water partition coefficient (Wildman–Crippen LogP) is 2.17. The van der Waals surface area contributed by atoms with Crippen molar-refractivity contribution in [2.75, 3.05) is 20.3 Å². The zero-order chi connectivity index (χ0) is 11.8. The number of unbranched alkanes of at least 4 members (excludes halogenated alkanes) is 1. The van der Waals surface area contributed by atoms with E-state index in [9.17, 15) is 10.1 Å². The summed E-state index contributed by atoms with van der Waals surface area (Å²) in [4.78, 5) is 10.1. The summed E-state index contributed by atoms with van der Waals surface area (Å²) in [6, 6.07) is 1.62. The van der Waals surface area contributed by atoms with Crippen LogP contribution in [0.4, 0.5) is 5.00 Å². The molecule has 0 saturated carbocycles. The van der Waals surface area contributed by atoms with Crippen LogP contribution in [0.2, 0.25) is 0 Å². The Kier molecular flexibility index (Phi) is 5.99. The van der Waals surface area contributed by atoms with Gasteiger partial charge in [0.15, 0.2) is 0 Å². The minimum absolute atomic E-state index is 0.205. The first-order chi connectivity index (χ1) is 7.74. The van der Waals surface area contributed by atoms with Crippen LogP contribution in [0.25, 0.3) is 0 Å². The van der Waals surface area contributed by atoms with E-state index in [0.29, 0.717) is 6.54 Å². The van der Waals surface area contributed by atoms with E-state index in [1.54, 1.807) is 13.2 Å². The molecule has 0 aliphatic heterocycles. The van der Waals surface area contributed by atoms with Crippen molar-refractivity contribution in [1.29, 1.82) is 0 Å². The first-order valence-electron chi connectivity index (χ1n) is 5.15. The zero-order valence-corrected chi connectivity index (χ0v) is 10.1. The van der Waals surface area contributed by atoms with Gasteiger partial charge >= 0.3 is 5.00 Å². The highest BCUT2D eigenvalue weighted by Crippen LogP contribution is 2.22. The lowest BCUT2D eigenvalue weighted by molar-refractivity contribution is -0.380. The smallest absolute Gasteiger partial charge is 0.324 e. The largest absolute Gasteiger partial charge is 0.385 e. The molecule has 16 heavy (non-hydrogen) atoms. The molecule has 0 bridgehead atoms. The SMILES string of the molecule is COCCCCNCc1csc([N+](=O)[O-])c1. The summed E-state index contributed by atoms with van der Waals surface area (Å²) in [7, 11) is 1.69. The molecule has 0 radical (unpaired) electrons. The minimum Gasteiger partial charge on any atom is -0.385 e. The Morgan fingerprint density at radius 3 is 3.00 bits per heavy atom. The van der Waals surface area contributed by atoms with E-state index < -0.39 is 0 Å². The average Bonchev–Trinajstić information content (AvgIpc) is 2.72. The van der Waals surface area contributed by atoms with Gasteiger partial charge in [0.1, 0.15) is 0 Å². The van der Waals surface area contributed by atoms with Crippen molar-refractivity contribution < 1.29 is 9.66 Å². The number of hydrogen-bond donors (Lipinski definition) is 1. The molecule has 90 valence electrons. The molecular weight excluding hydrogens is 228 g/mol. The highest BCUT2D eigenvalue weighted by Gasteiger charge is 2.08. The zero-order valence-electron chi connectivity index (χ0n) is 9.27. The number of hydrogen-bond acceptors (Lipinski definition) is 5. The quantitative estimate of drug-likeness (QED) is 0.432. The monoisotopic (exact) mass is 244 g/mol. The third-order valence-corrected chi connectivity index (χ3v) is 3.03. The van der Waals surface area contributed by atoms with Crippen molar-refractivity contribution in [3.63, 3.8) is 0 Å². The Balaban J connectivity index is 2.14. The summed E-state index contributed by atoms with van der Waals surface area (Å²) in [5, 5.41) is 15.7. The molecule has 0 aliphatic carbocycles. The number of nitrogens with zero attached hydrogens (tertiary/aromatic N) is 1. The summed E-state index contributed by atoms with van der Waals surface area (Å²) in [5.74, 6) is 0. The minimum atomic E-state index is -0.354. The second kappa shape index (κ2) is 7.32. The number of ether oxygens (including phenoxy) is 1. The van der Waals surface area contributed by atoms with Gasteiger partial charge in [-0.2, -0.15) is 0 Å². The molecule has 0 aliphatic rings. The Morgan fingerprint density at radius 1 is 1.56 bits per heavy atom. The molecule has 1 N–H and O–H groups in total. The van der Waals surface area contributed by atoms with E-state index in [1.165, 1.54) is 11.3 Å². The summed E-state index contributed by atoms with van der Waals surface area (Å²) in [5.41, 5.74) is 0.975. The van der Waals surface area contributed by atoms with Crippen LogP contribution in [0.1, 0.15) is 18.4 Å². The summed E-state index contributed by atoms with van der Waals surface area (Å²) in [6.45, 7) is 2.38. The van der Waals surface area contributed by atoms with Crippen LogP contribution in [0.5, 0.6) is 0 Å². The van der Waals surface area contributed by atoms with Gasteiger partial charge in [-0.3, -0.25) is 10.1 Å². The molecule has 1 aromatic heterocycles. The molecule has 0 saturated heterocycles. The third kappa shape index (κ3) is 4.69. The Morgan fingerprint density at radius 2 is 2.38 bits per heavy atom. The molecule has 1 heterocycles. The maximum atomic E-state index is 10.4. The van der Waals surface area contributed by atoms with Crippen LogP contribution in [0.3, 0.4) is 0 Å². The fourth-order valence-corrected chi connectivity index (χ4v) is 2.01. The van der Waals surface area contributed by atoms with Gasteiger partial charge in [-0.05, 0) is 24.9 Å². The van der Waals surface area contributed by atoms with Crippen molar-refractivity contribution in [2.45, 2.75) is 19.4 Å². The standard InChI is InChI=1S/C10H16N2O3S/c1-15-5-3-2-4-11-7-9-6-10(12(13)14)16-8-9/h6,8,11H,2-5,7H2,1H3. The summed E-state index contributed by atoms with van der Waals surface area (Å²) < 4.78 is 4.94. The van der Waals surface area contributed by atoms with Crippen LogP contribution >= 0.6 is 11.3 Å². The maximum Gasteiger partial charge on any atom is 0.324 e. The van der Waals surface area contributed by atoms with Gasteiger partial charge in [-0.15, -0.1) is 0 Å². The van der Waals surface area contributed by atoms with Gasteiger partial charge in [-0.1, -0.05) is 11.3 Å². The fourth-order valence-electron chi connectivity index (χ4n) is 1.28. The second-order valence-corrected chi connectivity index (χ2v) is 4.32. The summed E-state index contributed by atoms with van der Waals surface area (Å²) in [6.07, 6.45) is 2.09. The normalized spacial score (nSPS) is 10.6. The van der Waals surface area contributed by atoms with Gasteiger partial charge in [0, 0.05) is 31.7 Å². The van der Waals surface area contributed by atoms with E-state index in [-0.39, 0.29) is 9.92 Å². The molecule has 0 unspecified atom stereocenters. The molecule has 5 nitrogen and oxygen atoms in total. The van der Waals surface area contributed by atoms with Crippen molar-refractivity contribution >= 4 is 16.3 Å². The van der Waals surface area contributed by atoms with E-state index in [1.807, 2.05) is 5.38 Å². The van der Waals surface area contributed by atoms with E-state index in [0.717, 1.165) is 31.6 Å². The topological polar surface area (TPSA) is 64.4 Å². The highest BCUT2D eigenvalue weighted by molar-refractivity contribution is 7.13. The molecular formula is C10H16N2O3S. The molecule has 0 atom stereocenters. The molecule has 1 rings (SSSR count). The average molecular weight is 244 g/mol. The Bertz CT molecular complexity index is 328. The molecule has 0 aromatic carbocycles. The van der Waals surface area contributed by atoms with E-state index >= 15 is 0 Å². The maximum absolute atomic E-state index is 10.4. The van der Waals surface area contributed by atoms with Gasteiger partial charge < -0.3 is 10.1 Å². The lowest BCUT2D eigenvalue weighted by atomic mass is 10.3. The fraction of sp³-hybridized carbons (Fsp3) is 0.600. The Hall–Kier alpha value is -0.980. The van der Waals surface area contributed by atoms with Crippen LogP contribution in [0.15, 0.2) is 11.4 Å². The van der Waals surface area contributed by atoms with Crippen molar-refractivity contribution in [1.82, 2.24) is 5.32 Å². The highest BCUT2D eigenvalue weighted by atomic mass is 32.1. The number of rotatable bonds is 8. The lowest BCUT2D eigenvalue weighted by Crippen LogP contribution is -2.14. The van der Waals surface area contributed by atoms with E-state index in [4.69, 9.17) is 4.74 Å². The van der Waals surface area contributed by atoms with Crippen molar-refractivity contribution in [2.24, 2.45) is 0 Å². The van der Waals surface area contributed by atoms with E-state index in [2.05, 4.69) is 5.32 Å². The predicted molar refractivity (Wildman–Crippen MR) is 63.8 cm³/mol. The first-order valence-corrected chi connectivity index (χ1v) is 6.03. The third-order valence-electron chi connectivity index (χ3n) is 2.10. The number of methoxy groups -OCH3 is 1. The molecule has 6 heteroatoms. The van der Waals surface area contributed by atoms with Gasteiger partial charge in [0.2, 0.25) is 0 Å². The molecule has 0 amide bonds. The van der Waals surface area contributed by atoms with Gasteiger partial charge in [-0.25, -0.2) is 0 Å². The molecule has 0 spiro atoms. The number of thiophene rings is 1. The van der Waals surface area contributed by atoms with Gasteiger partial charge in [0.25, 0.3) is 0 Å². The lowest BCUT2D eigenvalue weighted by Gasteiger charge is -2.02. The van der Waals surface area contributed by atoms with Crippen LogP contribution in [0, 0.1) is 10.1 Å². The van der Waals surface area contributed by atoms with Crippen LogP contribution in [-0.2, 0) is 11.3 Å².